The van der Waals surface area contributed by atoms with Crippen molar-refractivity contribution >= 4 is 17.9 Å². The van der Waals surface area contributed by atoms with Crippen LogP contribution >= 0.6 is 0 Å². The summed E-state index contributed by atoms with van der Waals surface area (Å²) in [6, 6.07) is 0. The molecule has 2 aliphatic heterocycles. The number of fused-ring (bicyclic) bond motifs is 1. The number of hydrogen-bond acceptors (Lipinski definition) is 7. The summed E-state index contributed by atoms with van der Waals surface area (Å²) in [5.41, 5.74) is -0.795. The highest BCUT2D eigenvalue weighted by molar-refractivity contribution is 5.80. The molecular weight excluding hydrogens is 400 g/mol. The fourth-order valence-corrected chi connectivity index (χ4v) is 6.27. The first-order valence-corrected chi connectivity index (χ1v) is 11.7. The van der Waals surface area contributed by atoms with E-state index in [1.54, 1.807) is 0 Å². The van der Waals surface area contributed by atoms with Gasteiger partial charge in [0.2, 0.25) is 0 Å². The van der Waals surface area contributed by atoms with E-state index >= 15 is 0 Å². The summed E-state index contributed by atoms with van der Waals surface area (Å²) in [5, 5.41) is 0. The third-order valence-corrected chi connectivity index (χ3v) is 7.49. The van der Waals surface area contributed by atoms with Crippen molar-refractivity contribution in [3.63, 3.8) is 0 Å². The van der Waals surface area contributed by atoms with Crippen molar-refractivity contribution in [2.45, 2.75) is 84.3 Å². The van der Waals surface area contributed by atoms with Crippen LogP contribution in [0.25, 0.3) is 0 Å². The lowest BCUT2D eigenvalue weighted by Gasteiger charge is -2.45. The Morgan fingerprint density at radius 3 is 2.45 bits per heavy atom. The van der Waals surface area contributed by atoms with Crippen molar-refractivity contribution in [3.05, 3.63) is 0 Å². The maximum absolute atomic E-state index is 12.6. The highest BCUT2D eigenvalue weighted by atomic mass is 16.6. The Hall–Kier alpha value is -1.63. The molecule has 2 saturated heterocycles. The molecule has 6 unspecified atom stereocenters. The normalized spacial score (nSPS) is 38.4. The fourth-order valence-electron chi connectivity index (χ4n) is 6.27. The SMILES string of the molecule is CC1CC1(CC(C)(C)C)C(=O)OCCOC(=O)COC12CC3CC(C1)OC(=O)C(C3)C2. The van der Waals surface area contributed by atoms with Gasteiger partial charge in [-0.15, -0.1) is 0 Å². The van der Waals surface area contributed by atoms with Gasteiger partial charge in [0.25, 0.3) is 0 Å². The molecule has 0 radical (unpaired) electrons. The topological polar surface area (TPSA) is 88.1 Å². The van der Waals surface area contributed by atoms with Crippen molar-refractivity contribution in [2.75, 3.05) is 19.8 Å². The molecule has 2 heterocycles. The maximum Gasteiger partial charge on any atom is 0.332 e. The van der Waals surface area contributed by atoms with Gasteiger partial charge in [-0.1, -0.05) is 27.7 Å². The van der Waals surface area contributed by atoms with Crippen LogP contribution in [0.5, 0.6) is 0 Å². The second-order valence-corrected chi connectivity index (χ2v) is 11.5. The van der Waals surface area contributed by atoms with Crippen molar-refractivity contribution < 1.29 is 33.3 Å². The summed E-state index contributed by atoms with van der Waals surface area (Å²) in [5.74, 6) is -0.137. The van der Waals surface area contributed by atoms with Crippen LogP contribution in [0.15, 0.2) is 0 Å². The van der Waals surface area contributed by atoms with Gasteiger partial charge >= 0.3 is 17.9 Å². The average molecular weight is 437 g/mol. The molecule has 174 valence electrons. The molecule has 7 heteroatoms. The molecule has 4 bridgehead atoms. The third-order valence-electron chi connectivity index (χ3n) is 7.49. The van der Waals surface area contributed by atoms with Crippen LogP contribution in [0.4, 0.5) is 0 Å². The highest BCUT2D eigenvalue weighted by Crippen LogP contribution is 2.59. The molecule has 6 atom stereocenters. The lowest BCUT2D eigenvalue weighted by Crippen LogP contribution is -2.47. The number of rotatable bonds is 8. The van der Waals surface area contributed by atoms with E-state index in [4.69, 9.17) is 18.9 Å². The second-order valence-electron chi connectivity index (χ2n) is 11.5. The standard InChI is InChI=1S/C24H36O7/c1-15-9-24(15,14-22(2,3)4)21(27)29-6-5-28-19(25)13-30-23-10-16-7-17(11-23)20(26)31-18(8-16)12-23/h15-18H,5-14H2,1-4H3. The zero-order chi connectivity index (χ0) is 22.4. The van der Waals surface area contributed by atoms with Gasteiger partial charge in [0.1, 0.15) is 25.9 Å². The summed E-state index contributed by atoms with van der Waals surface area (Å²) in [7, 11) is 0. The highest BCUT2D eigenvalue weighted by Gasteiger charge is 2.59. The predicted octanol–water partition coefficient (Wildman–Crippen LogP) is 3.43. The van der Waals surface area contributed by atoms with E-state index in [1.165, 1.54) is 0 Å². The summed E-state index contributed by atoms with van der Waals surface area (Å²) in [4.78, 5) is 36.9. The second kappa shape index (κ2) is 8.05. The fraction of sp³-hybridized carbons (Fsp3) is 0.875. The number of hydrogen-bond donors (Lipinski definition) is 0. The number of carbonyl (C=O) groups is 3. The van der Waals surface area contributed by atoms with Crippen molar-refractivity contribution in [2.24, 2.45) is 28.6 Å². The lowest BCUT2D eigenvalue weighted by molar-refractivity contribution is -0.170. The number of carbonyl (C=O) groups excluding carboxylic acids is 3. The quantitative estimate of drug-likeness (QED) is 0.327. The minimum atomic E-state index is -0.470. The Bertz CT molecular complexity index is 741. The van der Waals surface area contributed by atoms with E-state index in [-0.39, 0.29) is 54.6 Å². The zero-order valence-corrected chi connectivity index (χ0v) is 19.2. The van der Waals surface area contributed by atoms with Gasteiger partial charge in [0, 0.05) is 6.42 Å². The molecule has 0 aromatic heterocycles. The van der Waals surface area contributed by atoms with Gasteiger partial charge in [-0.3, -0.25) is 9.59 Å². The number of esters is 3. The van der Waals surface area contributed by atoms with Crippen LogP contribution in [0, 0.1) is 28.6 Å². The van der Waals surface area contributed by atoms with Crippen LogP contribution < -0.4 is 0 Å². The Balaban J connectivity index is 1.19. The molecular formula is C24H36O7. The maximum atomic E-state index is 12.6. The molecule has 0 aromatic carbocycles. The molecule has 31 heavy (non-hydrogen) atoms. The summed E-state index contributed by atoms with van der Waals surface area (Å²) >= 11 is 0. The van der Waals surface area contributed by atoms with Crippen LogP contribution in [-0.4, -0.2) is 49.4 Å². The zero-order valence-electron chi connectivity index (χ0n) is 19.2. The van der Waals surface area contributed by atoms with Gasteiger partial charge < -0.3 is 18.9 Å². The van der Waals surface area contributed by atoms with E-state index in [0.29, 0.717) is 24.7 Å². The molecule has 7 nitrogen and oxygen atoms in total. The molecule has 3 aliphatic carbocycles. The Morgan fingerprint density at radius 1 is 1.06 bits per heavy atom. The Morgan fingerprint density at radius 2 is 1.77 bits per heavy atom. The van der Waals surface area contributed by atoms with E-state index in [9.17, 15) is 14.4 Å². The van der Waals surface area contributed by atoms with E-state index in [0.717, 1.165) is 32.1 Å². The molecule has 3 saturated carbocycles. The van der Waals surface area contributed by atoms with Crippen LogP contribution in [0.2, 0.25) is 0 Å². The van der Waals surface area contributed by atoms with Gasteiger partial charge in [0.05, 0.1) is 16.9 Å². The van der Waals surface area contributed by atoms with Gasteiger partial charge in [0.15, 0.2) is 0 Å². The van der Waals surface area contributed by atoms with Crippen molar-refractivity contribution in [3.8, 4) is 0 Å². The largest absolute Gasteiger partial charge is 0.462 e. The lowest BCUT2D eigenvalue weighted by atomic mass is 9.65. The average Bonchev–Trinajstić information content (AvgIpc) is 3.34. The smallest absolute Gasteiger partial charge is 0.332 e. The Kier molecular flexibility index (Phi) is 5.86. The first kappa shape index (κ1) is 22.6. The van der Waals surface area contributed by atoms with E-state index in [2.05, 4.69) is 27.7 Å². The number of ether oxygens (including phenoxy) is 4. The molecule has 5 fully saturated rings. The van der Waals surface area contributed by atoms with Crippen molar-refractivity contribution in [1.82, 2.24) is 0 Å². The van der Waals surface area contributed by atoms with Gasteiger partial charge in [-0.25, -0.2) is 4.79 Å². The first-order chi connectivity index (χ1) is 14.5. The summed E-state index contributed by atoms with van der Waals surface area (Å²) in [6.45, 7) is 8.39. The Labute approximate surface area is 184 Å². The predicted molar refractivity (Wildman–Crippen MR) is 111 cm³/mol. The molecule has 5 aliphatic rings. The monoisotopic (exact) mass is 436 g/mol. The van der Waals surface area contributed by atoms with Gasteiger partial charge in [-0.2, -0.15) is 0 Å². The van der Waals surface area contributed by atoms with Gasteiger partial charge in [-0.05, 0) is 55.8 Å². The van der Waals surface area contributed by atoms with E-state index < -0.39 is 11.6 Å². The summed E-state index contributed by atoms with van der Waals surface area (Å²) in [6.07, 6.45) is 5.47. The molecule has 5 rings (SSSR count). The summed E-state index contributed by atoms with van der Waals surface area (Å²) < 4.78 is 22.2. The molecule has 0 spiro atoms. The molecule has 0 N–H and O–H groups in total. The van der Waals surface area contributed by atoms with Crippen LogP contribution in [0.3, 0.4) is 0 Å². The third kappa shape index (κ3) is 4.91. The first-order valence-electron chi connectivity index (χ1n) is 11.7. The molecule has 0 amide bonds. The van der Waals surface area contributed by atoms with Crippen molar-refractivity contribution in [1.29, 1.82) is 0 Å². The minimum Gasteiger partial charge on any atom is -0.462 e. The molecule has 0 aromatic rings. The minimum absolute atomic E-state index is 0.0242. The van der Waals surface area contributed by atoms with Crippen LogP contribution in [0.1, 0.15) is 72.6 Å². The van der Waals surface area contributed by atoms with E-state index in [1.807, 2.05) is 0 Å². The van der Waals surface area contributed by atoms with Crippen LogP contribution in [-0.2, 0) is 33.3 Å².